The summed E-state index contributed by atoms with van der Waals surface area (Å²) in [5, 5.41) is 0. The molecule has 1 aliphatic carbocycles. The van der Waals surface area contributed by atoms with Gasteiger partial charge in [0.1, 0.15) is 0 Å². The standard InChI is InChI=1S/C17H12OS/c18-16-10-5-11-17(16)12-6-1-3-8-14(12)19-15-9-4-2-7-13(15)17/h1-10H,11H2. The van der Waals surface area contributed by atoms with E-state index in [-0.39, 0.29) is 5.78 Å². The first-order valence-corrected chi connectivity index (χ1v) is 7.22. The van der Waals surface area contributed by atoms with Crippen molar-refractivity contribution in [3.05, 3.63) is 71.8 Å². The van der Waals surface area contributed by atoms with E-state index in [0.29, 0.717) is 0 Å². The fourth-order valence-electron chi connectivity index (χ4n) is 3.15. The number of fused-ring (bicyclic) bond motifs is 4. The lowest BCUT2D eigenvalue weighted by Crippen LogP contribution is -2.35. The lowest BCUT2D eigenvalue weighted by atomic mass is 9.71. The molecule has 4 rings (SSSR count). The molecule has 2 aromatic carbocycles. The van der Waals surface area contributed by atoms with E-state index in [4.69, 9.17) is 0 Å². The number of hydrogen-bond donors (Lipinski definition) is 0. The molecule has 0 amide bonds. The van der Waals surface area contributed by atoms with Gasteiger partial charge in [0.05, 0.1) is 5.41 Å². The van der Waals surface area contributed by atoms with Crippen LogP contribution in [0.2, 0.25) is 0 Å². The Morgan fingerprint density at radius 2 is 1.47 bits per heavy atom. The number of carbonyl (C=O) groups is 1. The number of allylic oxidation sites excluding steroid dienone is 2. The van der Waals surface area contributed by atoms with Crippen LogP contribution in [0.25, 0.3) is 0 Å². The Bertz CT molecular complexity index is 669. The van der Waals surface area contributed by atoms with Gasteiger partial charge in [-0.1, -0.05) is 54.2 Å². The molecule has 1 spiro atoms. The first-order valence-electron chi connectivity index (χ1n) is 6.40. The molecule has 92 valence electrons. The van der Waals surface area contributed by atoms with Gasteiger partial charge >= 0.3 is 0 Å². The van der Waals surface area contributed by atoms with Crippen molar-refractivity contribution in [2.45, 2.75) is 21.6 Å². The monoisotopic (exact) mass is 264 g/mol. The SMILES string of the molecule is O=C1C=CCC12c1ccccc1Sc1ccccc12. The highest BCUT2D eigenvalue weighted by atomic mass is 32.2. The van der Waals surface area contributed by atoms with E-state index < -0.39 is 5.41 Å². The van der Waals surface area contributed by atoms with Crippen molar-refractivity contribution in [3.63, 3.8) is 0 Å². The van der Waals surface area contributed by atoms with Gasteiger partial charge in [-0.25, -0.2) is 0 Å². The fourth-order valence-corrected chi connectivity index (χ4v) is 4.39. The summed E-state index contributed by atoms with van der Waals surface area (Å²) >= 11 is 1.77. The van der Waals surface area contributed by atoms with Gasteiger partial charge in [-0.2, -0.15) is 0 Å². The Balaban J connectivity index is 2.07. The highest BCUT2D eigenvalue weighted by molar-refractivity contribution is 7.99. The number of rotatable bonds is 0. The van der Waals surface area contributed by atoms with Crippen molar-refractivity contribution in [3.8, 4) is 0 Å². The van der Waals surface area contributed by atoms with Crippen molar-refractivity contribution < 1.29 is 4.79 Å². The molecular weight excluding hydrogens is 252 g/mol. The average Bonchev–Trinajstić information content (AvgIpc) is 2.82. The Kier molecular flexibility index (Phi) is 2.24. The van der Waals surface area contributed by atoms with Crippen LogP contribution in [0.1, 0.15) is 17.5 Å². The number of benzene rings is 2. The molecule has 0 saturated heterocycles. The van der Waals surface area contributed by atoms with E-state index in [1.165, 1.54) is 9.79 Å². The molecular formula is C17H12OS. The molecule has 0 aromatic heterocycles. The lowest BCUT2D eigenvalue weighted by molar-refractivity contribution is -0.117. The summed E-state index contributed by atoms with van der Waals surface area (Å²) in [5.74, 6) is 0.215. The van der Waals surface area contributed by atoms with Crippen LogP contribution in [0.4, 0.5) is 0 Å². The molecule has 0 atom stereocenters. The van der Waals surface area contributed by atoms with Crippen LogP contribution in [0.3, 0.4) is 0 Å². The molecule has 0 saturated carbocycles. The van der Waals surface area contributed by atoms with Crippen molar-refractivity contribution in [1.29, 1.82) is 0 Å². The van der Waals surface area contributed by atoms with E-state index >= 15 is 0 Å². The molecule has 0 N–H and O–H groups in total. The largest absolute Gasteiger partial charge is 0.293 e. The third-order valence-electron chi connectivity index (χ3n) is 4.03. The van der Waals surface area contributed by atoms with Crippen molar-refractivity contribution in [2.75, 3.05) is 0 Å². The van der Waals surface area contributed by atoms with Gasteiger partial charge < -0.3 is 0 Å². The van der Waals surface area contributed by atoms with Gasteiger partial charge in [0, 0.05) is 9.79 Å². The van der Waals surface area contributed by atoms with E-state index in [2.05, 4.69) is 24.3 Å². The van der Waals surface area contributed by atoms with Gasteiger partial charge in [0.25, 0.3) is 0 Å². The Morgan fingerprint density at radius 3 is 2.00 bits per heavy atom. The molecule has 1 heterocycles. The van der Waals surface area contributed by atoms with Crippen LogP contribution in [-0.4, -0.2) is 5.78 Å². The summed E-state index contributed by atoms with van der Waals surface area (Å²) in [4.78, 5) is 15.0. The fraction of sp³-hybridized carbons (Fsp3) is 0.118. The van der Waals surface area contributed by atoms with Crippen molar-refractivity contribution >= 4 is 17.5 Å². The average molecular weight is 264 g/mol. The molecule has 0 unspecified atom stereocenters. The Morgan fingerprint density at radius 1 is 0.895 bits per heavy atom. The molecule has 2 aromatic rings. The maximum absolute atomic E-state index is 12.6. The van der Waals surface area contributed by atoms with E-state index in [1.807, 2.05) is 30.3 Å². The summed E-state index contributed by atoms with van der Waals surface area (Å²) in [5.41, 5.74) is 1.85. The minimum absolute atomic E-state index is 0.215. The molecule has 1 aliphatic heterocycles. The van der Waals surface area contributed by atoms with Crippen LogP contribution >= 0.6 is 11.8 Å². The normalized spacial score (nSPS) is 18.4. The second kappa shape index (κ2) is 3.84. The molecule has 0 bridgehead atoms. The molecule has 19 heavy (non-hydrogen) atoms. The van der Waals surface area contributed by atoms with Crippen molar-refractivity contribution in [1.82, 2.24) is 0 Å². The summed E-state index contributed by atoms with van der Waals surface area (Å²) in [6.07, 6.45) is 4.52. The first kappa shape index (κ1) is 11.1. The zero-order valence-electron chi connectivity index (χ0n) is 10.3. The van der Waals surface area contributed by atoms with Crippen molar-refractivity contribution in [2.24, 2.45) is 0 Å². The quantitative estimate of drug-likeness (QED) is 0.716. The van der Waals surface area contributed by atoms with Crippen LogP contribution < -0.4 is 0 Å². The minimum Gasteiger partial charge on any atom is -0.293 e. The minimum atomic E-state index is -0.474. The second-order valence-electron chi connectivity index (χ2n) is 4.97. The first-order chi connectivity index (χ1) is 9.32. The predicted octanol–water partition coefficient (Wildman–Crippen LogP) is 3.97. The zero-order chi connectivity index (χ0) is 12.9. The summed E-state index contributed by atoms with van der Waals surface area (Å²) in [7, 11) is 0. The molecule has 1 nitrogen and oxygen atoms in total. The maximum Gasteiger partial charge on any atom is 0.170 e. The van der Waals surface area contributed by atoms with E-state index in [1.54, 1.807) is 17.8 Å². The number of ketones is 1. The van der Waals surface area contributed by atoms with Gasteiger partial charge in [0.15, 0.2) is 5.78 Å². The second-order valence-corrected chi connectivity index (χ2v) is 6.05. The van der Waals surface area contributed by atoms with E-state index in [0.717, 1.165) is 17.5 Å². The summed E-state index contributed by atoms with van der Waals surface area (Å²) in [6.45, 7) is 0. The van der Waals surface area contributed by atoms with Crippen LogP contribution in [0, 0.1) is 0 Å². The zero-order valence-corrected chi connectivity index (χ0v) is 11.1. The van der Waals surface area contributed by atoms with Crippen LogP contribution in [0.15, 0.2) is 70.5 Å². The van der Waals surface area contributed by atoms with Gasteiger partial charge in [0.2, 0.25) is 0 Å². The van der Waals surface area contributed by atoms with Gasteiger partial charge in [-0.3, -0.25) is 4.79 Å². The van der Waals surface area contributed by atoms with Gasteiger partial charge in [-0.15, -0.1) is 0 Å². The van der Waals surface area contributed by atoms with Crippen LogP contribution in [0.5, 0.6) is 0 Å². The molecule has 0 fully saturated rings. The highest BCUT2D eigenvalue weighted by Gasteiger charge is 2.47. The number of carbonyl (C=O) groups excluding carboxylic acids is 1. The summed E-state index contributed by atoms with van der Waals surface area (Å²) < 4.78 is 0. The topological polar surface area (TPSA) is 17.1 Å². The third-order valence-corrected chi connectivity index (χ3v) is 5.18. The lowest BCUT2D eigenvalue weighted by Gasteiger charge is -2.35. The van der Waals surface area contributed by atoms with Gasteiger partial charge in [-0.05, 0) is 35.8 Å². The smallest absolute Gasteiger partial charge is 0.170 e. The predicted molar refractivity (Wildman–Crippen MR) is 76.6 cm³/mol. The van der Waals surface area contributed by atoms with E-state index in [9.17, 15) is 4.79 Å². The number of hydrogen-bond acceptors (Lipinski definition) is 2. The molecule has 2 heteroatoms. The molecule has 2 aliphatic rings. The third kappa shape index (κ3) is 1.35. The molecule has 0 radical (unpaired) electrons. The summed E-state index contributed by atoms with van der Waals surface area (Å²) in [6, 6.07) is 16.6. The van der Waals surface area contributed by atoms with Crippen LogP contribution in [-0.2, 0) is 10.2 Å². The Labute approximate surface area is 116 Å². The highest BCUT2D eigenvalue weighted by Crippen LogP contribution is 2.52. The Hall–Kier alpha value is -1.80. The maximum atomic E-state index is 12.6.